The third-order valence-corrected chi connectivity index (χ3v) is 3.86. The molecule has 1 aromatic rings. The molecule has 1 aromatic heterocycles. The minimum atomic E-state index is 0.643. The lowest BCUT2D eigenvalue weighted by molar-refractivity contribution is 0.472. The fraction of sp³-hybridized carbons (Fsp3) is 0.667. The normalized spacial score (nSPS) is 19.4. The van der Waals surface area contributed by atoms with Crippen LogP contribution < -0.4 is 5.32 Å². The summed E-state index contributed by atoms with van der Waals surface area (Å²) < 4.78 is 2.05. The highest BCUT2D eigenvalue weighted by Gasteiger charge is 2.15. The molecule has 0 fully saturated rings. The lowest BCUT2D eigenvalue weighted by atomic mass is 10.0. The minimum Gasteiger partial charge on any atom is -0.309 e. The van der Waals surface area contributed by atoms with Crippen LogP contribution in [0.15, 0.2) is 12.2 Å². The first-order valence-electron chi connectivity index (χ1n) is 7.18. The van der Waals surface area contributed by atoms with Crippen molar-refractivity contribution in [2.45, 2.75) is 58.5 Å². The van der Waals surface area contributed by atoms with Gasteiger partial charge in [-0.1, -0.05) is 26.0 Å². The Kier molecular flexibility index (Phi) is 4.59. The van der Waals surface area contributed by atoms with Crippen molar-refractivity contribution in [3.8, 4) is 0 Å². The summed E-state index contributed by atoms with van der Waals surface area (Å²) in [7, 11) is 2.06. The van der Waals surface area contributed by atoms with Gasteiger partial charge in [-0.05, 0) is 32.1 Å². The van der Waals surface area contributed by atoms with E-state index in [2.05, 4.69) is 48.1 Å². The summed E-state index contributed by atoms with van der Waals surface area (Å²) in [6.45, 7) is 5.37. The highest BCUT2D eigenvalue weighted by Crippen LogP contribution is 2.17. The van der Waals surface area contributed by atoms with Crippen LogP contribution in [-0.4, -0.2) is 15.8 Å². The highest BCUT2D eigenvalue weighted by atomic mass is 15.3. The van der Waals surface area contributed by atoms with Gasteiger partial charge in [-0.3, -0.25) is 4.68 Å². The summed E-state index contributed by atoms with van der Waals surface area (Å²) in [5.74, 6) is 0. The lowest BCUT2D eigenvalue weighted by Crippen LogP contribution is -2.29. The quantitative estimate of drug-likeness (QED) is 0.811. The number of hydrogen-bond donors (Lipinski definition) is 1. The van der Waals surface area contributed by atoms with E-state index in [1.807, 2.05) is 0 Å². The minimum absolute atomic E-state index is 0.643. The summed E-state index contributed by atoms with van der Waals surface area (Å²) in [5, 5.41) is 8.32. The van der Waals surface area contributed by atoms with E-state index < -0.39 is 0 Å². The smallest absolute Gasteiger partial charge is 0.0669 e. The topological polar surface area (TPSA) is 29.9 Å². The standard InChI is InChI=1S/C15H25N3/c1-4-14-13(15(5-2)18(3)17-14)11-16-12-9-7-6-8-10-12/h6-7,12,16H,4-5,8-11H2,1-3H3. The summed E-state index contributed by atoms with van der Waals surface area (Å²) >= 11 is 0. The Bertz CT molecular complexity index is 418. The molecular formula is C15H25N3. The number of allylic oxidation sites excluding steroid dienone is 1. The predicted molar refractivity (Wildman–Crippen MR) is 75.6 cm³/mol. The molecule has 0 bridgehead atoms. The molecule has 0 radical (unpaired) electrons. The molecule has 1 aliphatic rings. The van der Waals surface area contributed by atoms with Crippen molar-refractivity contribution in [1.29, 1.82) is 0 Å². The van der Waals surface area contributed by atoms with E-state index in [9.17, 15) is 0 Å². The Hall–Kier alpha value is -1.09. The molecular weight excluding hydrogens is 222 g/mol. The largest absolute Gasteiger partial charge is 0.309 e. The molecule has 1 aliphatic carbocycles. The molecule has 0 aliphatic heterocycles. The molecule has 3 heteroatoms. The van der Waals surface area contributed by atoms with Gasteiger partial charge in [0.2, 0.25) is 0 Å². The number of aryl methyl sites for hydroxylation is 2. The van der Waals surface area contributed by atoms with Crippen LogP contribution >= 0.6 is 0 Å². The van der Waals surface area contributed by atoms with Crippen LogP contribution in [0, 0.1) is 0 Å². The zero-order chi connectivity index (χ0) is 13.0. The number of aromatic nitrogens is 2. The first-order chi connectivity index (χ1) is 8.76. The Balaban J connectivity index is 2.05. The van der Waals surface area contributed by atoms with Gasteiger partial charge in [0, 0.05) is 30.9 Å². The Morgan fingerprint density at radius 3 is 2.78 bits per heavy atom. The average Bonchev–Trinajstić information content (AvgIpc) is 2.73. The second-order valence-corrected chi connectivity index (χ2v) is 5.06. The van der Waals surface area contributed by atoms with Crippen LogP contribution in [0.5, 0.6) is 0 Å². The van der Waals surface area contributed by atoms with Gasteiger partial charge < -0.3 is 5.32 Å². The molecule has 0 spiro atoms. The van der Waals surface area contributed by atoms with Gasteiger partial charge in [0.1, 0.15) is 0 Å². The molecule has 0 saturated carbocycles. The molecule has 0 aromatic carbocycles. The van der Waals surface area contributed by atoms with Gasteiger partial charge in [0.15, 0.2) is 0 Å². The second-order valence-electron chi connectivity index (χ2n) is 5.06. The monoisotopic (exact) mass is 247 g/mol. The number of nitrogens with zero attached hydrogens (tertiary/aromatic N) is 2. The van der Waals surface area contributed by atoms with E-state index in [-0.39, 0.29) is 0 Å². The van der Waals surface area contributed by atoms with Crippen LogP contribution in [0.4, 0.5) is 0 Å². The van der Waals surface area contributed by atoms with Crippen molar-refractivity contribution in [3.63, 3.8) is 0 Å². The summed E-state index contributed by atoms with van der Waals surface area (Å²) in [5.41, 5.74) is 4.07. The molecule has 1 N–H and O–H groups in total. The van der Waals surface area contributed by atoms with E-state index in [4.69, 9.17) is 0 Å². The maximum Gasteiger partial charge on any atom is 0.0669 e. The molecule has 0 amide bonds. The molecule has 3 nitrogen and oxygen atoms in total. The van der Waals surface area contributed by atoms with Crippen molar-refractivity contribution in [2.75, 3.05) is 0 Å². The van der Waals surface area contributed by atoms with E-state index in [0.29, 0.717) is 6.04 Å². The maximum absolute atomic E-state index is 4.63. The zero-order valence-electron chi connectivity index (χ0n) is 11.9. The fourth-order valence-corrected chi connectivity index (χ4v) is 2.82. The third-order valence-electron chi connectivity index (χ3n) is 3.86. The predicted octanol–water partition coefficient (Wildman–Crippen LogP) is 2.74. The van der Waals surface area contributed by atoms with E-state index in [1.54, 1.807) is 0 Å². The Labute approximate surface area is 110 Å². The average molecular weight is 247 g/mol. The van der Waals surface area contributed by atoms with Crippen LogP contribution in [0.3, 0.4) is 0 Å². The van der Waals surface area contributed by atoms with Gasteiger partial charge in [-0.25, -0.2) is 0 Å². The fourth-order valence-electron chi connectivity index (χ4n) is 2.82. The van der Waals surface area contributed by atoms with Gasteiger partial charge in [0.25, 0.3) is 0 Å². The first-order valence-corrected chi connectivity index (χ1v) is 7.18. The summed E-state index contributed by atoms with van der Waals surface area (Å²) in [6.07, 6.45) is 10.3. The third kappa shape index (κ3) is 2.83. The number of hydrogen-bond acceptors (Lipinski definition) is 2. The number of nitrogens with one attached hydrogen (secondary N) is 1. The molecule has 18 heavy (non-hydrogen) atoms. The van der Waals surface area contributed by atoms with Crippen molar-refractivity contribution >= 4 is 0 Å². The van der Waals surface area contributed by atoms with Crippen molar-refractivity contribution in [1.82, 2.24) is 15.1 Å². The van der Waals surface area contributed by atoms with Crippen LogP contribution in [-0.2, 0) is 26.4 Å². The van der Waals surface area contributed by atoms with E-state index in [1.165, 1.54) is 36.2 Å². The van der Waals surface area contributed by atoms with E-state index in [0.717, 1.165) is 19.4 Å². The lowest BCUT2D eigenvalue weighted by Gasteiger charge is -2.19. The van der Waals surface area contributed by atoms with E-state index >= 15 is 0 Å². The number of rotatable bonds is 5. The van der Waals surface area contributed by atoms with Gasteiger partial charge in [-0.2, -0.15) is 5.10 Å². The molecule has 0 saturated heterocycles. The molecule has 2 rings (SSSR count). The van der Waals surface area contributed by atoms with Crippen molar-refractivity contribution in [2.24, 2.45) is 7.05 Å². The molecule has 100 valence electrons. The first kappa shape index (κ1) is 13.3. The van der Waals surface area contributed by atoms with Crippen LogP contribution in [0.25, 0.3) is 0 Å². The Morgan fingerprint density at radius 2 is 2.17 bits per heavy atom. The van der Waals surface area contributed by atoms with Crippen LogP contribution in [0.2, 0.25) is 0 Å². The SMILES string of the molecule is CCc1nn(C)c(CC)c1CNC1CC=CCC1. The zero-order valence-corrected chi connectivity index (χ0v) is 11.9. The highest BCUT2D eigenvalue weighted by molar-refractivity contribution is 5.26. The molecule has 1 atom stereocenters. The van der Waals surface area contributed by atoms with Crippen molar-refractivity contribution in [3.05, 3.63) is 29.1 Å². The second kappa shape index (κ2) is 6.19. The summed E-state index contributed by atoms with van der Waals surface area (Å²) in [4.78, 5) is 0. The summed E-state index contributed by atoms with van der Waals surface area (Å²) in [6, 6.07) is 0.643. The maximum atomic E-state index is 4.63. The van der Waals surface area contributed by atoms with Gasteiger partial charge >= 0.3 is 0 Å². The Morgan fingerprint density at radius 1 is 1.33 bits per heavy atom. The molecule has 1 unspecified atom stereocenters. The van der Waals surface area contributed by atoms with Crippen molar-refractivity contribution < 1.29 is 0 Å². The van der Waals surface area contributed by atoms with Gasteiger partial charge in [-0.15, -0.1) is 0 Å². The van der Waals surface area contributed by atoms with Gasteiger partial charge in [0.05, 0.1) is 5.69 Å². The van der Waals surface area contributed by atoms with Crippen LogP contribution in [0.1, 0.15) is 50.1 Å². The molecule has 1 heterocycles.